The number of alkyl halides is 2. The van der Waals surface area contributed by atoms with Gasteiger partial charge in [-0.05, 0) is 56.5 Å². The van der Waals surface area contributed by atoms with E-state index in [4.69, 9.17) is 4.74 Å². The first-order chi connectivity index (χ1) is 13.8. The Kier molecular flexibility index (Phi) is 7.87. The third-order valence-corrected chi connectivity index (χ3v) is 4.75. The number of benzene rings is 1. The number of hydrogen-bond donors (Lipinski definition) is 0. The molecule has 0 bridgehead atoms. The lowest BCUT2D eigenvalue weighted by Gasteiger charge is -2.21. The monoisotopic (exact) mass is 407 g/mol. The summed E-state index contributed by atoms with van der Waals surface area (Å²) in [5, 5.41) is 4.53. The Labute approximate surface area is 169 Å². The minimum absolute atomic E-state index is 0.273. The van der Waals surface area contributed by atoms with Crippen molar-refractivity contribution < 1.29 is 23.1 Å². The first-order valence-corrected chi connectivity index (χ1v) is 9.58. The van der Waals surface area contributed by atoms with Crippen LogP contribution in [-0.4, -0.2) is 53.2 Å². The summed E-state index contributed by atoms with van der Waals surface area (Å²) in [7, 11) is 1.36. The molecule has 158 valence electrons. The van der Waals surface area contributed by atoms with Crippen LogP contribution in [0.5, 0.6) is 0 Å². The number of rotatable bonds is 9. The predicted molar refractivity (Wildman–Crippen MR) is 106 cm³/mol. The van der Waals surface area contributed by atoms with Gasteiger partial charge in [-0.1, -0.05) is 6.92 Å². The molecule has 2 rings (SSSR count). The lowest BCUT2D eigenvalue weighted by molar-refractivity contribution is -0.140. The standard InChI is InChI=1S/C21H27F2N3O3/c1-5-12-25(13-19(22)23)21(28)16-6-8-17(9-7-16)26-15(3)18(14(2)24-26)10-11-20(27)29-4/h6-9,19H,5,10-13H2,1-4H3. The molecule has 0 radical (unpaired) electrons. The Morgan fingerprint density at radius 3 is 2.41 bits per heavy atom. The number of aromatic nitrogens is 2. The van der Waals surface area contributed by atoms with Gasteiger partial charge in [0.25, 0.3) is 12.3 Å². The third-order valence-electron chi connectivity index (χ3n) is 4.75. The lowest BCUT2D eigenvalue weighted by Crippen LogP contribution is -2.35. The molecule has 8 heteroatoms. The van der Waals surface area contributed by atoms with Gasteiger partial charge in [0.15, 0.2) is 0 Å². The van der Waals surface area contributed by atoms with E-state index in [0.717, 1.165) is 22.6 Å². The van der Waals surface area contributed by atoms with Gasteiger partial charge in [0, 0.05) is 24.2 Å². The van der Waals surface area contributed by atoms with Gasteiger partial charge in [0.1, 0.15) is 0 Å². The molecule has 1 aromatic carbocycles. The van der Waals surface area contributed by atoms with E-state index in [9.17, 15) is 18.4 Å². The molecule has 29 heavy (non-hydrogen) atoms. The van der Waals surface area contributed by atoms with Crippen LogP contribution in [0.3, 0.4) is 0 Å². The van der Waals surface area contributed by atoms with Gasteiger partial charge in [-0.25, -0.2) is 13.5 Å². The fourth-order valence-corrected chi connectivity index (χ4v) is 3.26. The van der Waals surface area contributed by atoms with E-state index in [1.807, 2.05) is 20.8 Å². The van der Waals surface area contributed by atoms with E-state index in [1.54, 1.807) is 28.9 Å². The summed E-state index contributed by atoms with van der Waals surface area (Å²) in [6, 6.07) is 6.72. The highest BCUT2D eigenvalue weighted by Gasteiger charge is 2.20. The minimum Gasteiger partial charge on any atom is -0.469 e. The smallest absolute Gasteiger partial charge is 0.305 e. The normalized spacial score (nSPS) is 11.0. The van der Waals surface area contributed by atoms with Crippen LogP contribution >= 0.6 is 0 Å². The Morgan fingerprint density at radius 1 is 1.21 bits per heavy atom. The molecule has 0 N–H and O–H groups in total. The zero-order valence-corrected chi connectivity index (χ0v) is 17.2. The van der Waals surface area contributed by atoms with Crippen molar-refractivity contribution >= 4 is 11.9 Å². The SMILES string of the molecule is CCCN(CC(F)F)C(=O)c1ccc(-n2nc(C)c(CCC(=O)OC)c2C)cc1. The van der Waals surface area contributed by atoms with Crippen LogP contribution in [0.2, 0.25) is 0 Å². The highest BCUT2D eigenvalue weighted by Crippen LogP contribution is 2.20. The van der Waals surface area contributed by atoms with Crippen molar-refractivity contribution in [2.75, 3.05) is 20.2 Å². The topological polar surface area (TPSA) is 64.4 Å². The van der Waals surface area contributed by atoms with E-state index >= 15 is 0 Å². The molecule has 6 nitrogen and oxygen atoms in total. The fraction of sp³-hybridized carbons (Fsp3) is 0.476. The van der Waals surface area contributed by atoms with Crippen molar-refractivity contribution in [1.82, 2.24) is 14.7 Å². The van der Waals surface area contributed by atoms with Crippen LogP contribution in [0.25, 0.3) is 5.69 Å². The molecule has 1 heterocycles. The zero-order chi connectivity index (χ0) is 21.6. The second kappa shape index (κ2) is 10.1. The summed E-state index contributed by atoms with van der Waals surface area (Å²) in [6.45, 7) is 5.34. The molecule has 1 aromatic heterocycles. The Balaban J connectivity index is 2.21. The quantitative estimate of drug-likeness (QED) is 0.595. The molecular formula is C21H27F2N3O3. The highest BCUT2D eigenvalue weighted by molar-refractivity contribution is 5.94. The molecule has 0 unspecified atom stereocenters. The maximum Gasteiger partial charge on any atom is 0.305 e. The van der Waals surface area contributed by atoms with E-state index < -0.39 is 18.9 Å². The highest BCUT2D eigenvalue weighted by atomic mass is 19.3. The Hall–Kier alpha value is -2.77. The molecule has 2 aromatic rings. The number of aryl methyl sites for hydroxylation is 1. The Morgan fingerprint density at radius 2 is 1.86 bits per heavy atom. The number of halogens is 2. The van der Waals surface area contributed by atoms with Crippen molar-refractivity contribution in [2.24, 2.45) is 0 Å². The van der Waals surface area contributed by atoms with E-state index in [1.165, 1.54) is 12.0 Å². The number of carbonyl (C=O) groups excluding carboxylic acids is 2. The summed E-state index contributed by atoms with van der Waals surface area (Å²) < 4.78 is 32.0. The third kappa shape index (κ3) is 5.62. The van der Waals surface area contributed by atoms with Crippen LogP contribution in [0.15, 0.2) is 24.3 Å². The van der Waals surface area contributed by atoms with Crippen molar-refractivity contribution in [3.8, 4) is 5.69 Å². The first kappa shape index (κ1) is 22.5. The number of hydrogen-bond acceptors (Lipinski definition) is 4. The second-order valence-electron chi connectivity index (χ2n) is 6.83. The van der Waals surface area contributed by atoms with Crippen molar-refractivity contribution in [3.05, 3.63) is 46.8 Å². The maximum atomic E-state index is 12.8. The number of ether oxygens (including phenoxy) is 1. The number of nitrogens with zero attached hydrogens (tertiary/aromatic N) is 3. The van der Waals surface area contributed by atoms with Crippen molar-refractivity contribution in [1.29, 1.82) is 0 Å². The summed E-state index contributed by atoms with van der Waals surface area (Å²) in [5.74, 6) is -0.689. The summed E-state index contributed by atoms with van der Waals surface area (Å²) in [4.78, 5) is 25.1. The van der Waals surface area contributed by atoms with Crippen molar-refractivity contribution in [2.45, 2.75) is 46.5 Å². The number of carbonyl (C=O) groups is 2. The van der Waals surface area contributed by atoms with Gasteiger partial charge in [-0.3, -0.25) is 9.59 Å². The molecule has 0 aliphatic rings. The van der Waals surface area contributed by atoms with E-state index in [-0.39, 0.29) is 18.9 Å². The van der Waals surface area contributed by atoms with Crippen LogP contribution in [0.1, 0.15) is 47.1 Å². The number of esters is 1. The number of methoxy groups -OCH3 is 1. The van der Waals surface area contributed by atoms with Crippen LogP contribution in [0.4, 0.5) is 8.78 Å². The molecule has 1 amide bonds. The molecule has 0 spiro atoms. The van der Waals surface area contributed by atoms with E-state index in [0.29, 0.717) is 18.4 Å². The van der Waals surface area contributed by atoms with Crippen LogP contribution < -0.4 is 0 Å². The largest absolute Gasteiger partial charge is 0.469 e. The fourth-order valence-electron chi connectivity index (χ4n) is 3.26. The first-order valence-electron chi connectivity index (χ1n) is 9.58. The number of amides is 1. The van der Waals surface area contributed by atoms with Gasteiger partial charge in [-0.15, -0.1) is 0 Å². The maximum absolute atomic E-state index is 12.8. The molecule has 0 saturated carbocycles. The minimum atomic E-state index is -2.57. The van der Waals surface area contributed by atoms with Gasteiger partial charge in [-0.2, -0.15) is 5.10 Å². The lowest BCUT2D eigenvalue weighted by atomic mass is 10.1. The molecule has 0 aliphatic heterocycles. The predicted octanol–water partition coefficient (Wildman–Crippen LogP) is 3.71. The second-order valence-corrected chi connectivity index (χ2v) is 6.83. The van der Waals surface area contributed by atoms with Crippen LogP contribution in [-0.2, 0) is 16.0 Å². The van der Waals surface area contributed by atoms with Gasteiger partial charge < -0.3 is 9.64 Å². The Bertz CT molecular complexity index is 848. The van der Waals surface area contributed by atoms with E-state index in [2.05, 4.69) is 5.10 Å². The molecule has 0 fully saturated rings. The summed E-state index contributed by atoms with van der Waals surface area (Å²) >= 11 is 0. The average Bonchev–Trinajstić information content (AvgIpc) is 2.98. The molecule has 0 atom stereocenters. The molecular weight excluding hydrogens is 380 g/mol. The van der Waals surface area contributed by atoms with Crippen LogP contribution in [0, 0.1) is 13.8 Å². The van der Waals surface area contributed by atoms with Gasteiger partial charge in [0.05, 0.1) is 25.0 Å². The zero-order valence-electron chi connectivity index (χ0n) is 17.2. The van der Waals surface area contributed by atoms with Crippen molar-refractivity contribution in [3.63, 3.8) is 0 Å². The molecule has 0 saturated heterocycles. The van der Waals surface area contributed by atoms with Gasteiger partial charge >= 0.3 is 5.97 Å². The summed E-state index contributed by atoms with van der Waals surface area (Å²) in [6.07, 6.45) is -1.16. The average molecular weight is 407 g/mol. The summed E-state index contributed by atoms with van der Waals surface area (Å²) in [5.41, 5.74) is 3.80. The van der Waals surface area contributed by atoms with Gasteiger partial charge in [0.2, 0.25) is 0 Å². The molecule has 0 aliphatic carbocycles.